The average molecular weight is 253 g/mol. The molecule has 0 aliphatic rings. The second-order valence-corrected chi connectivity index (χ2v) is 2.99. The molecule has 0 bridgehead atoms. The normalized spacial score (nSPS) is 11.4. The zero-order valence-electron chi connectivity index (χ0n) is 8.94. The van der Waals surface area contributed by atoms with E-state index in [9.17, 15) is 20.2 Å². The molecule has 0 spiro atoms. The van der Waals surface area contributed by atoms with Crippen molar-refractivity contribution >= 4 is 17.9 Å². The highest BCUT2D eigenvalue weighted by Gasteiger charge is 2.04. The number of non-ortho nitro benzene ring substituents is 1. The largest absolute Gasteiger partial charge is 0.360 e. The summed E-state index contributed by atoms with van der Waals surface area (Å²) in [6.45, 7) is 0. The van der Waals surface area contributed by atoms with E-state index < -0.39 is 15.9 Å². The monoisotopic (exact) mass is 253 g/mol. The van der Waals surface area contributed by atoms with Crippen LogP contribution in [-0.4, -0.2) is 22.1 Å². The number of benzene rings is 1. The van der Waals surface area contributed by atoms with Crippen molar-refractivity contribution in [1.29, 1.82) is 0 Å². The number of nitrogens with one attached hydrogen (secondary N) is 2. The smallest absolute Gasteiger partial charge is 0.319 e. The van der Waals surface area contributed by atoms with E-state index in [0.717, 1.165) is 0 Å². The van der Waals surface area contributed by atoms with E-state index in [0.29, 0.717) is 5.56 Å². The number of rotatable bonds is 4. The number of nitrogens with zero attached hydrogens (tertiary/aromatic N) is 3. The highest BCUT2D eigenvalue weighted by Crippen LogP contribution is 2.09. The van der Waals surface area contributed by atoms with Crippen LogP contribution in [0.15, 0.2) is 29.4 Å². The van der Waals surface area contributed by atoms with Gasteiger partial charge in [-0.25, -0.2) is 10.1 Å². The lowest BCUT2D eigenvalue weighted by molar-refractivity contribution is -0.528. The van der Waals surface area contributed by atoms with Gasteiger partial charge in [-0.15, -0.1) is 5.10 Å². The molecule has 0 aliphatic heterocycles. The van der Waals surface area contributed by atoms with Crippen LogP contribution < -0.4 is 16.3 Å². The van der Waals surface area contributed by atoms with Crippen molar-refractivity contribution in [3.05, 3.63) is 50.1 Å². The molecule has 1 rings (SSSR count). The molecule has 18 heavy (non-hydrogen) atoms. The van der Waals surface area contributed by atoms with Crippen LogP contribution in [0.3, 0.4) is 0 Å². The van der Waals surface area contributed by atoms with E-state index in [-0.39, 0.29) is 5.69 Å². The molecule has 0 radical (unpaired) electrons. The first-order valence-electron chi connectivity index (χ1n) is 4.56. The Hall–Kier alpha value is -3.04. The summed E-state index contributed by atoms with van der Waals surface area (Å²) in [6, 6.07) is 5.60. The predicted octanol–water partition coefficient (Wildman–Crippen LogP) is -1.89. The Morgan fingerprint density at radius 2 is 1.94 bits per heavy atom. The minimum Gasteiger partial charge on any atom is -0.360 e. The van der Waals surface area contributed by atoms with Crippen LogP contribution in [0.25, 0.3) is 0 Å². The fourth-order valence-electron chi connectivity index (χ4n) is 0.987. The third kappa shape index (κ3) is 4.22. The van der Waals surface area contributed by atoms with E-state index in [1.54, 1.807) is 5.43 Å². The quantitative estimate of drug-likeness (QED) is 0.247. The zero-order valence-corrected chi connectivity index (χ0v) is 8.94. The Morgan fingerprint density at radius 1 is 1.33 bits per heavy atom. The SMILES string of the molecule is NC(=N/[NH+]=C/c1ccc([N+](=O)[O-])cc1)N[N+](=O)[O-]. The van der Waals surface area contributed by atoms with Gasteiger partial charge in [-0.2, -0.15) is 0 Å². The molecule has 0 saturated carbocycles. The second kappa shape index (κ2) is 5.89. The summed E-state index contributed by atoms with van der Waals surface area (Å²) in [5, 5.41) is 25.3. The maximum atomic E-state index is 10.4. The van der Waals surface area contributed by atoms with Crippen molar-refractivity contribution in [1.82, 2.24) is 5.43 Å². The van der Waals surface area contributed by atoms with E-state index in [2.05, 4.69) is 10.2 Å². The van der Waals surface area contributed by atoms with Crippen molar-refractivity contribution in [3.63, 3.8) is 0 Å². The van der Waals surface area contributed by atoms with Crippen LogP contribution in [0.4, 0.5) is 5.69 Å². The first-order chi connectivity index (χ1) is 8.49. The van der Waals surface area contributed by atoms with Gasteiger partial charge in [0.25, 0.3) is 5.69 Å². The van der Waals surface area contributed by atoms with Crippen LogP contribution >= 0.6 is 0 Å². The van der Waals surface area contributed by atoms with Gasteiger partial charge in [-0.05, 0) is 12.1 Å². The number of hydrogen-bond donors (Lipinski definition) is 3. The maximum absolute atomic E-state index is 10.4. The number of nitro groups is 2. The van der Waals surface area contributed by atoms with Gasteiger partial charge in [0, 0.05) is 22.8 Å². The standard InChI is InChI=1S/C8H8N6O4/c9-8(12-14(17)18)11-10-5-6-1-3-7(4-2-6)13(15)16/h1-5H,(H3,9,11,12)/p+1/b10-5+. The van der Waals surface area contributed by atoms with E-state index >= 15 is 0 Å². The van der Waals surface area contributed by atoms with Crippen molar-refractivity contribution in [3.8, 4) is 0 Å². The Balaban J connectivity index is 2.67. The molecule has 0 aromatic heterocycles. The average Bonchev–Trinajstić information content (AvgIpc) is 2.28. The molecule has 0 heterocycles. The number of nitro benzene ring substituents is 1. The Labute approximate surface area is 100 Å². The van der Waals surface area contributed by atoms with Gasteiger partial charge in [0.15, 0.2) is 5.03 Å². The Morgan fingerprint density at radius 3 is 2.44 bits per heavy atom. The molecule has 0 fully saturated rings. The molecule has 0 unspecified atom stereocenters. The summed E-state index contributed by atoms with van der Waals surface area (Å²) >= 11 is 0. The van der Waals surface area contributed by atoms with Crippen molar-refractivity contribution in [2.75, 3.05) is 0 Å². The van der Waals surface area contributed by atoms with Crippen LogP contribution in [0, 0.1) is 20.2 Å². The highest BCUT2D eigenvalue weighted by molar-refractivity contribution is 5.77. The summed E-state index contributed by atoms with van der Waals surface area (Å²) in [5.74, 6) is -0.418. The highest BCUT2D eigenvalue weighted by atomic mass is 16.7. The lowest BCUT2D eigenvalue weighted by atomic mass is 10.2. The Bertz CT molecular complexity index is 509. The van der Waals surface area contributed by atoms with E-state index in [4.69, 9.17) is 5.73 Å². The molecular formula is C8H9N6O4+. The molecule has 4 N–H and O–H groups in total. The molecule has 0 aliphatic carbocycles. The molecule has 10 nitrogen and oxygen atoms in total. The van der Waals surface area contributed by atoms with Gasteiger partial charge >= 0.3 is 5.96 Å². The van der Waals surface area contributed by atoms with Crippen LogP contribution in [0.2, 0.25) is 0 Å². The topological polar surface area (TPSA) is 151 Å². The molecule has 10 heteroatoms. The number of hydrazine groups is 1. The molecule has 0 atom stereocenters. The van der Waals surface area contributed by atoms with Crippen LogP contribution in [0.5, 0.6) is 0 Å². The van der Waals surface area contributed by atoms with Gasteiger partial charge in [-0.3, -0.25) is 10.1 Å². The molecule has 94 valence electrons. The van der Waals surface area contributed by atoms with Gasteiger partial charge in [-0.1, -0.05) is 5.43 Å². The predicted molar refractivity (Wildman–Crippen MR) is 61.0 cm³/mol. The summed E-state index contributed by atoms with van der Waals surface area (Å²) < 4.78 is 0. The van der Waals surface area contributed by atoms with Crippen molar-refractivity contribution in [2.24, 2.45) is 10.8 Å². The first-order valence-corrected chi connectivity index (χ1v) is 4.56. The van der Waals surface area contributed by atoms with Crippen LogP contribution in [0.1, 0.15) is 5.56 Å². The van der Waals surface area contributed by atoms with Gasteiger partial charge in [0.1, 0.15) is 0 Å². The summed E-state index contributed by atoms with van der Waals surface area (Å²) in [6.07, 6.45) is 1.37. The lowest BCUT2D eigenvalue weighted by Crippen LogP contribution is -2.64. The van der Waals surface area contributed by atoms with Crippen molar-refractivity contribution in [2.45, 2.75) is 0 Å². The summed E-state index contributed by atoms with van der Waals surface area (Å²) in [4.78, 5) is 19.8. The lowest BCUT2D eigenvalue weighted by Gasteiger charge is -1.90. The summed E-state index contributed by atoms with van der Waals surface area (Å²) in [5.41, 5.74) is 7.32. The molecule has 1 aromatic carbocycles. The number of nitrogens with two attached hydrogens (primary N) is 1. The zero-order chi connectivity index (χ0) is 13.5. The van der Waals surface area contributed by atoms with Gasteiger partial charge in [0.05, 0.1) is 4.92 Å². The van der Waals surface area contributed by atoms with E-state index in [1.165, 1.54) is 30.5 Å². The fraction of sp³-hybridized carbons (Fsp3) is 0. The minimum absolute atomic E-state index is 0.0369. The first kappa shape index (κ1) is 13.0. The number of hydrazone groups is 1. The van der Waals surface area contributed by atoms with E-state index in [1.807, 2.05) is 0 Å². The third-order valence-electron chi connectivity index (χ3n) is 1.73. The summed E-state index contributed by atoms with van der Waals surface area (Å²) in [7, 11) is 0. The molecule has 1 aromatic rings. The maximum Gasteiger partial charge on any atom is 0.319 e. The molecule has 0 saturated heterocycles. The molecular weight excluding hydrogens is 244 g/mol. The van der Waals surface area contributed by atoms with Gasteiger partial charge in [0.2, 0.25) is 6.21 Å². The Kier molecular flexibility index (Phi) is 4.26. The third-order valence-corrected chi connectivity index (χ3v) is 1.73. The minimum atomic E-state index is -0.855. The van der Waals surface area contributed by atoms with Crippen LogP contribution in [-0.2, 0) is 0 Å². The van der Waals surface area contributed by atoms with Gasteiger partial charge < -0.3 is 5.73 Å². The number of guanidine groups is 1. The fourth-order valence-corrected chi connectivity index (χ4v) is 0.987. The number of hydrogen-bond acceptors (Lipinski definition) is 5. The van der Waals surface area contributed by atoms with Crippen molar-refractivity contribution < 1.29 is 15.1 Å². The molecule has 0 amide bonds. The second-order valence-electron chi connectivity index (χ2n) is 2.99.